The van der Waals surface area contributed by atoms with Gasteiger partial charge in [0.15, 0.2) is 11.5 Å². The number of fused-ring (bicyclic) bond motifs is 1. The topological polar surface area (TPSA) is 51.8 Å². The molecule has 5 nitrogen and oxygen atoms in total. The monoisotopic (exact) mass is 472 g/mol. The second kappa shape index (κ2) is 9.85. The van der Waals surface area contributed by atoms with E-state index >= 15 is 0 Å². The summed E-state index contributed by atoms with van der Waals surface area (Å²) < 4.78 is 55.6. The van der Waals surface area contributed by atoms with Gasteiger partial charge in [0.2, 0.25) is 0 Å². The van der Waals surface area contributed by atoms with E-state index in [2.05, 4.69) is 10.6 Å². The Morgan fingerprint density at radius 1 is 0.912 bits per heavy atom. The molecule has 3 aromatic rings. The molecule has 0 saturated heterocycles. The molecule has 0 fully saturated rings. The summed E-state index contributed by atoms with van der Waals surface area (Å²) in [6, 6.07) is 16.8. The fourth-order valence-electron chi connectivity index (χ4n) is 4.28. The van der Waals surface area contributed by atoms with Crippen LogP contribution in [-0.4, -0.2) is 33.9 Å². The Kier molecular flexibility index (Phi) is 6.88. The third-order valence-electron chi connectivity index (χ3n) is 6.02. The van der Waals surface area contributed by atoms with Crippen LogP contribution in [0.1, 0.15) is 28.3 Å². The molecule has 34 heavy (non-hydrogen) atoms. The second-order valence-electron chi connectivity index (χ2n) is 8.14. The quantitative estimate of drug-likeness (QED) is 0.479. The normalized spacial score (nSPS) is 17.6. The number of halogens is 3. The molecule has 1 aliphatic rings. The molecule has 0 bridgehead atoms. The third kappa shape index (κ3) is 5.07. The fourth-order valence-corrected chi connectivity index (χ4v) is 4.28. The van der Waals surface area contributed by atoms with Crippen molar-refractivity contribution in [2.75, 3.05) is 33.2 Å². The first-order valence-corrected chi connectivity index (χ1v) is 10.9. The Labute approximate surface area is 196 Å². The van der Waals surface area contributed by atoms with Gasteiger partial charge < -0.3 is 24.8 Å². The summed E-state index contributed by atoms with van der Waals surface area (Å²) in [7, 11) is 4.82. The Hall–Kier alpha value is -3.39. The zero-order valence-electron chi connectivity index (χ0n) is 19.2. The number of methoxy groups -OCH3 is 3. The van der Waals surface area contributed by atoms with Gasteiger partial charge in [-0.15, -0.1) is 0 Å². The zero-order valence-corrected chi connectivity index (χ0v) is 19.2. The van der Waals surface area contributed by atoms with Crippen molar-refractivity contribution >= 4 is 5.69 Å². The van der Waals surface area contributed by atoms with Crippen molar-refractivity contribution in [1.82, 2.24) is 5.32 Å². The molecule has 0 amide bonds. The van der Waals surface area contributed by atoms with Gasteiger partial charge in [0.05, 0.1) is 32.9 Å². The van der Waals surface area contributed by atoms with Crippen LogP contribution in [0.5, 0.6) is 17.2 Å². The maximum atomic E-state index is 13.1. The molecule has 0 aromatic heterocycles. The highest BCUT2D eigenvalue weighted by Crippen LogP contribution is 2.39. The van der Waals surface area contributed by atoms with Crippen molar-refractivity contribution in [2.45, 2.75) is 24.7 Å². The molecular formula is C26H27F3N2O3. The molecule has 0 spiro atoms. The van der Waals surface area contributed by atoms with Crippen molar-refractivity contribution in [1.29, 1.82) is 0 Å². The van der Waals surface area contributed by atoms with Gasteiger partial charge in [0.1, 0.15) is 5.75 Å². The van der Waals surface area contributed by atoms with Gasteiger partial charge in [-0.05, 0) is 65.6 Å². The SMILES string of the molecule is COc1ccc([C@@H]2N[C@H](CNc3cccc(C(F)(F)F)c3)Cc3cc(OC)c(OC)cc32)cc1. The Bertz CT molecular complexity index is 1130. The van der Waals surface area contributed by atoms with Crippen molar-refractivity contribution in [2.24, 2.45) is 0 Å². The number of alkyl halides is 3. The lowest BCUT2D eigenvalue weighted by molar-refractivity contribution is -0.137. The van der Waals surface area contributed by atoms with Gasteiger partial charge in [-0.1, -0.05) is 18.2 Å². The molecule has 8 heteroatoms. The van der Waals surface area contributed by atoms with Crippen LogP contribution in [-0.2, 0) is 12.6 Å². The molecule has 2 atom stereocenters. The molecule has 0 unspecified atom stereocenters. The Morgan fingerprint density at radius 2 is 1.62 bits per heavy atom. The van der Waals surface area contributed by atoms with Crippen LogP contribution in [0.4, 0.5) is 18.9 Å². The van der Waals surface area contributed by atoms with Crippen molar-refractivity contribution in [3.63, 3.8) is 0 Å². The van der Waals surface area contributed by atoms with Crippen LogP contribution in [0.2, 0.25) is 0 Å². The van der Waals surface area contributed by atoms with E-state index in [-0.39, 0.29) is 12.1 Å². The fraction of sp³-hybridized carbons (Fsp3) is 0.308. The van der Waals surface area contributed by atoms with E-state index in [1.807, 2.05) is 36.4 Å². The average Bonchev–Trinajstić information content (AvgIpc) is 2.85. The lowest BCUT2D eigenvalue weighted by atomic mass is 9.86. The van der Waals surface area contributed by atoms with Crippen LogP contribution in [0.15, 0.2) is 60.7 Å². The van der Waals surface area contributed by atoms with E-state index in [4.69, 9.17) is 14.2 Å². The standard InChI is InChI=1S/C26H27F3N2O3/c1-32-21-9-7-16(8-10-21)25-22-14-24(34-3)23(33-2)12-17(22)11-20(31-25)15-30-19-6-4-5-18(13-19)26(27,28)29/h4-10,12-14,20,25,30-31H,11,15H2,1-3H3/t20-,25-/m0/s1. The van der Waals surface area contributed by atoms with E-state index < -0.39 is 11.7 Å². The van der Waals surface area contributed by atoms with Crippen molar-refractivity contribution in [3.05, 3.63) is 82.9 Å². The third-order valence-corrected chi connectivity index (χ3v) is 6.02. The second-order valence-corrected chi connectivity index (χ2v) is 8.14. The van der Waals surface area contributed by atoms with Gasteiger partial charge in [-0.25, -0.2) is 0 Å². The van der Waals surface area contributed by atoms with E-state index in [9.17, 15) is 13.2 Å². The van der Waals surface area contributed by atoms with Crippen molar-refractivity contribution in [3.8, 4) is 17.2 Å². The predicted molar refractivity (Wildman–Crippen MR) is 125 cm³/mol. The lowest BCUT2D eigenvalue weighted by Gasteiger charge is -2.34. The molecule has 2 N–H and O–H groups in total. The van der Waals surface area contributed by atoms with Crippen LogP contribution >= 0.6 is 0 Å². The first-order chi connectivity index (χ1) is 16.3. The van der Waals surface area contributed by atoms with Crippen LogP contribution in [0.3, 0.4) is 0 Å². The van der Waals surface area contributed by atoms with Crippen LogP contribution < -0.4 is 24.8 Å². The highest BCUT2D eigenvalue weighted by atomic mass is 19.4. The molecule has 4 rings (SSSR count). The van der Waals surface area contributed by atoms with Crippen molar-refractivity contribution < 1.29 is 27.4 Å². The van der Waals surface area contributed by atoms with E-state index in [0.29, 0.717) is 30.2 Å². The number of hydrogen-bond acceptors (Lipinski definition) is 5. The number of hydrogen-bond donors (Lipinski definition) is 2. The van der Waals surface area contributed by atoms with Crippen LogP contribution in [0, 0.1) is 0 Å². The van der Waals surface area contributed by atoms with Gasteiger partial charge in [0, 0.05) is 18.3 Å². The maximum Gasteiger partial charge on any atom is 0.416 e. The van der Waals surface area contributed by atoms with Gasteiger partial charge in [-0.2, -0.15) is 13.2 Å². The highest BCUT2D eigenvalue weighted by molar-refractivity contribution is 5.53. The lowest BCUT2D eigenvalue weighted by Crippen LogP contribution is -2.44. The average molecular weight is 473 g/mol. The predicted octanol–water partition coefficient (Wildman–Crippen LogP) is 5.45. The summed E-state index contributed by atoms with van der Waals surface area (Å²) >= 11 is 0. The van der Waals surface area contributed by atoms with Crippen LogP contribution in [0.25, 0.3) is 0 Å². The first-order valence-electron chi connectivity index (χ1n) is 10.9. The number of anilines is 1. The summed E-state index contributed by atoms with van der Waals surface area (Å²) in [5.41, 5.74) is 2.95. The Morgan fingerprint density at radius 3 is 2.26 bits per heavy atom. The van der Waals surface area contributed by atoms with Gasteiger partial charge in [-0.3, -0.25) is 0 Å². The number of nitrogens with one attached hydrogen (secondary N) is 2. The highest BCUT2D eigenvalue weighted by Gasteiger charge is 2.31. The number of rotatable bonds is 7. The smallest absolute Gasteiger partial charge is 0.416 e. The summed E-state index contributed by atoms with van der Waals surface area (Å²) in [6.07, 6.45) is -3.71. The van der Waals surface area contributed by atoms with Gasteiger partial charge in [0.25, 0.3) is 0 Å². The first kappa shape index (κ1) is 23.8. The molecule has 3 aromatic carbocycles. The molecule has 1 aliphatic heterocycles. The number of benzene rings is 3. The minimum atomic E-state index is -4.38. The maximum absolute atomic E-state index is 13.1. The van der Waals surface area contributed by atoms with E-state index in [0.717, 1.165) is 34.6 Å². The van der Waals surface area contributed by atoms with E-state index in [1.165, 1.54) is 6.07 Å². The number of ether oxygens (including phenoxy) is 3. The molecular weight excluding hydrogens is 445 g/mol. The van der Waals surface area contributed by atoms with E-state index in [1.54, 1.807) is 27.4 Å². The molecule has 180 valence electrons. The summed E-state index contributed by atoms with van der Waals surface area (Å²) in [4.78, 5) is 0. The summed E-state index contributed by atoms with van der Waals surface area (Å²) in [6.45, 7) is 0.446. The molecule has 1 heterocycles. The zero-order chi connectivity index (χ0) is 24.3. The Balaban J connectivity index is 1.62. The largest absolute Gasteiger partial charge is 0.497 e. The molecule has 0 aliphatic carbocycles. The minimum Gasteiger partial charge on any atom is -0.497 e. The van der Waals surface area contributed by atoms with Gasteiger partial charge >= 0.3 is 6.18 Å². The minimum absolute atomic E-state index is 0.0350. The molecule has 0 saturated carbocycles. The molecule has 0 radical (unpaired) electrons. The summed E-state index contributed by atoms with van der Waals surface area (Å²) in [5, 5.41) is 6.81. The summed E-state index contributed by atoms with van der Waals surface area (Å²) in [5.74, 6) is 2.04.